The molecule has 11 heavy (non-hydrogen) atoms. The van der Waals surface area contributed by atoms with E-state index >= 15 is 0 Å². The number of hydrogen-bond donors (Lipinski definition) is 1. The molecule has 0 aliphatic carbocycles. The Labute approximate surface area is 92.8 Å². The molecule has 0 heterocycles. The predicted molar refractivity (Wildman–Crippen MR) is 42.5 cm³/mol. The van der Waals surface area contributed by atoms with E-state index in [0.717, 1.165) is 5.69 Å². The quantitative estimate of drug-likeness (QED) is 0.594. The minimum absolute atomic E-state index is 0. The van der Waals surface area contributed by atoms with E-state index in [4.69, 9.17) is 0 Å². The van der Waals surface area contributed by atoms with E-state index in [2.05, 4.69) is 24.2 Å². The van der Waals surface area contributed by atoms with E-state index in [1.165, 1.54) is 5.56 Å². The summed E-state index contributed by atoms with van der Waals surface area (Å²) in [7, 11) is 0. The van der Waals surface area contributed by atoms with Gasteiger partial charge in [-0.1, -0.05) is 6.92 Å². The molecule has 0 saturated heterocycles. The van der Waals surface area contributed by atoms with Crippen molar-refractivity contribution >= 4 is 5.69 Å². The van der Waals surface area contributed by atoms with E-state index in [1.54, 1.807) is 0 Å². The molecule has 0 saturated carbocycles. The third-order valence-corrected chi connectivity index (χ3v) is 1.18. The van der Waals surface area contributed by atoms with Crippen molar-refractivity contribution in [2.24, 2.45) is 0 Å². The molecule has 0 fully saturated rings. The summed E-state index contributed by atoms with van der Waals surface area (Å²) in [5, 5.41) is 2.83. The molecule has 1 nitrogen and oxygen atoms in total. The molecule has 0 amide bonds. The van der Waals surface area contributed by atoms with Crippen LogP contribution in [0.2, 0.25) is 0 Å². The van der Waals surface area contributed by atoms with Crippen molar-refractivity contribution in [1.82, 2.24) is 0 Å². The first-order valence-corrected chi connectivity index (χ1v) is 3.09. The normalized spacial score (nSPS) is 8.09. The molecule has 1 N–H and O–H groups in total. The minimum atomic E-state index is 0. The number of hydrogen-bond acceptors (Lipinski definition) is 1. The third-order valence-electron chi connectivity index (χ3n) is 1.18. The van der Waals surface area contributed by atoms with Gasteiger partial charge in [-0.25, -0.2) is 11.8 Å². The van der Waals surface area contributed by atoms with Gasteiger partial charge in [0.05, 0.1) is 0 Å². The van der Waals surface area contributed by atoms with Gasteiger partial charge >= 0.3 is 0 Å². The zero-order valence-electron chi connectivity index (χ0n) is 6.52. The number of aryl methyl sites for hydroxylation is 1. The summed E-state index contributed by atoms with van der Waals surface area (Å²) in [6.07, 6.45) is 2.58. The molecule has 0 aliphatic rings. The van der Waals surface area contributed by atoms with Gasteiger partial charge in [0.2, 0.25) is 0 Å². The van der Waals surface area contributed by atoms with Crippen molar-refractivity contribution in [3.8, 4) is 0 Å². The van der Waals surface area contributed by atoms with E-state index in [0.29, 0.717) is 0 Å². The van der Waals surface area contributed by atoms with E-state index in [1.807, 2.05) is 25.1 Å². The number of benzene rings is 1. The van der Waals surface area contributed by atoms with Crippen molar-refractivity contribution < 1.29 is 32.7 Å². The van der Waals surface area contributed by atoms with Crippen LogP contribution in [0.5, 0.6) is 0 Å². The average Bonchev–Trinajstić information content (AvgIpc) is 1.88. The summed E-state index contributed by atoms with van der Waals surface area (Å²) in [5.74, 6) is 0. The average molecular weight is 220 g/mol. The molecule has 2 heteroatoms. The SMILES string of the molecule is C=[C-]Nc1[c-]ccc(C)c1.[Y]. The fraction of sp³-hybridized carbons (Fsp3) is 0.111. The maximum Gasteiger partial charge on any atom is 0 e. The van der Waals surface area contributed by atoms with Crippen molar-refractivity contribution in [3.05, 3.63) is 42.6 Å². The van der Waals surface area contributed by atoms with E-state index in [9.17, 15) is 0 Å². The largest absolute Gasteiger partial charge is 0.545 e. The third kappa shape index (κ3) is 3.69. The van der Waals surface area contributed by atoms with Crippen LogP contribution in [0.1, 0.15) is 5.56 Å². The Morgan fingerprint density at radius 3 is 2.91 bits per heavy atom. The topological polar surface area (TPSA) is 12.0 Å². The fourth-order valence-electron chi connectivity index (χ4n) is 0.748. The Morgan fingerprint density at radius 1 is 1.64 bits per heavy atom. The van der Waals surface area contributed by atoms with Gasteiger partial charge in [0.25, 0.3) is 0 Å². The van der Waals surface area contributed by atoms with Crippen LogP contribution in [0.15, 0.2) is 24.8 Å². The molecular weight excluding hydrogens is 211 g/mol. The Balaban J connectivity index is 0.000001000. The summed E-state index contributed by atoms with van der Waals surface area (Å²) in [5.41, 5.74) is 2.12. The van der Waals surface area contributed by atoms with Gasteiger partial charge in [-0.15, -0.1) is 0 Å². The maximum absolute atomic E-state index is 3.43. The van der Waals surface area contributed by atoms with E-state index in [-0.39, 0.29) is 32.7 Å². The molecule has 0 atom stereocenters. The van der Waals surface area contributed by atoms with Crippen LogP contribution in [-0.4, -0.2) is 0 Å². The number of rotatable bonds is 2. The van der Waals surface area contributed by atoms with Crippen LogP contribution in [0.4, 0.5) is 5.69 Å². The molecule has 0 unspecified atom stereocenters. The Morgan fingerprint density at radius 2 is 2.36 bits per heavy atom. The smallest absolute Gasteiger partial charge is 0 e. The summed E-state index contributed by atoms with van der Waals surface area (Å²) in [4.78, 5) is 0. The molecule has 1 radical (unpaired) electrons. The van der Waals surface area contributed by atoms with Gasteiger partial charge in [0, 0.05) is 32.7 Å². The van der Waals surface area contributed by atoms with Crippen molar-refractivity contribution in [3.63, 3.8) is 0 Å². The van der Waals surface area contributed by atoms with Crippen LogP contribution in [0, 0.1) is 19.2 Å². The zero-order chi connectivity index (χ0) is 7.40. The first kappa shape index (κ1) is 10.9. The van der Waals surface area contributed by atoms with Gasteiger partial charge in [0.15, 0.2) is 0 Å². The van der Waals surface area contributed by atoms with E-state index < -0.39 is 0 Å². The number of anilines is 1. The fourth-order valence-corrected chi connectivity index (χ4v) is 0.748. The number of nitrogens with one attached hydrogen (secondary N) is 1. The standard InChI is InChI=1S/C9H9N.Y/c1-3-10-9-6-4-5-8(2)7-9;/h4-5,7,10H,1H2,2H3;/q-2;. The van der Waals surface area contributed by atoms with Gasteiger partial charge in [0.1, 0.15) is 0 Å². The Kier molecular flexibility index (Phi) is 5.44. The van der Waals surface area contributed by atoms with Gasteiger partial charge in [-0.05, 0) is 0 Å². The summed E-state index contributed by atoms with van der Waals surface area (Å²) in [6, 6.07) is 8.85. The molecule has 0 aromatic heterocycles. The van der Waals surface area contributed by atoms with Crippen molar-refractivity contribution in [2.75, 3.05) is 5.32 Å². The van der Waals surface area contributed by atoms with Gasteiger partial charge in [-0.2, -0.15) is 30.5 Å². The molecular formula is C9H9NY-2. The molecule has 0 aliphatic heterocycles. The van der Waals surface area contributed by atoms with Crippen LogP contribution in [0.3, 0.4) is 0 Å². The Bertz CT molecular complexity index is 233. The second-order valence-electron chi connectivity index (χ2n) is 2.08. The predicted octanol–water partition coefficient (Wildman–Crippen LogP) is 2.15. The van der Waals surface area contributed by atoms with Gasteiger partial charge < -0.3 is 5.32 Å². The monoisotopic (exact) mass is 220 g/mol. The summed E-state index contributed by atoms with van der Waals surface area (Å²) < 4.78 is 0. The molecule has 55 valence electrons. The van der Waals surface area contributed by atoms with Crippen LogP contribution < -0.4 is 5.32 Å². The molecule has 1 aromatic rings. The van der Waals surface area contributed by atoms with Crippen LogP contribution >= 0.6 is 0 Å². The molecule has 0 bridgehead atoms. The molecule has 1 aromatic carbocycles. The maximum atomic E-state index is 3.43. The van der Waals surface area contributed by atoms with Crippen molar-refractivity contribution in [1.29, 1.82) is 0 Å². The second-order valence-corrected chi connectivity index (χ2v) is 2.08. The first-order valence-electron chi connectivity index (χ1n) is 3.09. The summed E-state index contributed by atoms with van der Waals surface area (Å²) in [6.45, 7) is 5.46. The Hall–Kier alpha value is -0.136. The summed E-state index contributed by atoms with van der Waals surface area (Å²) >= 11 is 0. The second kappa shape index (κ2) is 5.51. The molecule has 0 spiro atoms. The van der Waals surface area contributed by atoms with Crippen LogP contribution in [-0.2, 0) is 32.7 Å². The first-order chi connectivity index (χ1) is 4.83. The van der Waals surface area contributed by atoms with Crippen LogP contribution in [0.25, 0.3) is 0 Å². The zero-order valence-corrected chi connectivity index (χ0v) is 9.35. The van der Waals surface area contributed by atoms with Crippen molar-refractivity contribution in [2.45, 2.75) is 6.92 Å². The van der Waals surface area contributed by atoms with Gasteiger partial charge in [-0.3, -0.25) is 6.07 Å². The molecule has 1 rings (SSSR count). The minimum Gasteiger partial charge on any atom is -0.545 e.